The van der Waals surface area contributed by atoms with E-state index in [1.54, 1.807) is 18.7 Å². The number of nitrogens with zero attached hydrogens (tertiary/aromatic N) is 1. The zero-order valence-corrected chi connectivity index (χ0v) is 10.0. The molecule has 1 fully saturated rings. The first kappa shape index (κ1) is 12.8. The standard InChI is InChI=1S/C11H18N2O3/c1-4-5-8(14)6-13-7-9(15)12-10(16)11(13,2)3/h4-7H2,1-3H3,(H,12,15,16). The summed E-state index contributed by atoms with van der Waals surface area (Å²) in [7, 11) is 0. The van der Waals surface area contributed by atoms with Gasteiger partial charge in [-0.25, -0.2) is 0 Å². The molecular weight excluding hydrogens is 208 g/mol. The average molecular weight is 226 g/mol. The monoisotopic (exact) mass is 226 g/mol. The summed E-state index contributed by atoms with van der Waals surface area (Å²) < 4.78 is 0. The highest BCUT2D eigenvalue weighted by molar-refractivity contribution is 6.03. The Kier molecular flexibility index (Phi) is 3.80. The molecule has 1 saturated heterocycles. The zero-order valence-electron chi connectivity index (χ0n) is 10.0. The number of imide groups is 1. The minimum absolute atomic E-state index is 0.0677. The van der Waals surface area contributed by atoms with Crippen LogP contribution in [0.5, 0.6) is 0 Å². The molecule has 16 heavy (non-hydrogen) atoms. The van der Waals surface area contributed by atoms with Crippen LogP contribution in [-0.4, -0.2) is 41.1 Å². The van der Waals surface area contributed by atoms with Gasteiger partial charge in [-0.2, -0.15) is 0 Å². The first-order chi connectivity index (χ1) is 7.37. The molecule has 0 aromatic rings. The number of ketones is 1. The third-order valence-corrected chi connectivity index (χ3v) is 2.83. The third kappa shape index (κ3) is 2.66. The molecular formula is C11H18N2O3. The Hall–Kier alpha value is -1.23. The summed E-state index contributed by atoms with van der Waals surface area (Å²) in [5.74, 6) is -0.611. The van der Waals surface area contributed by atoms with E-state index in [0.29, 0.717) is 6.42 Å². The van der Waals surface area contributed by atoms with Crippen molar-refractivity contribution in [2.24, 2.45) is 0 Å². The third-order valence-electron chi connectivity index (χ3n) is 2.83. The Labute approximate surface area is 95.2 Å². The average Bonchev–Trinajstić information content (AvgIpc) is 2.14. The van der Waals surface area contributed by atoms with Crippen LogP contribution < -0.4 is 5.32 Å². The van der Waals surface area contributed by atoms with Crippen LogP contribution in [0.3, 0.4) is 0 Å². The second-order valence-corrected chi connectivity index (χ2v) is 4.58. The summed E-state index contributed by atoms with van der Waals surface area (Å²) >= 11 is 0. The minimum atomic E-state index is -0.794. The van der Waals surface area contributed by atoms with Crippen LogP contribution in [0.15, 0.2) is 0 Å². The number of amides is 2. The topological polar surface area (TPSA) is 66.5 Å². The molecule has 1 heterocycles. The predicted molar refractivity (Wildman–Crippen MR) is 58.7 cm³/mol. The van der Waals surface area contributed by atoms with E-state index < -0.39 is 5.54 Å². The van der Waals surface area contributed by atoms with E-state index in [4.69, 9.17) is 0 Å². The van der Waals surface area contributed by atoms with Gasteiger partial charge in [0.25, 0.3) is 0 Å². The number of rotatable bonds is 4. The van der Waals surface area contributed by atoms with Crippen molar-refractivity contribution >= 4 is 17.6 Å². The Morgan fingerprint density at radius 1 is 1.44 bits per heavy atom. The maximum Gasteiger partial charge on any atom is 0.246 e. The number of hydrogen-bond acceptors (Lipinski definition) is 4. The molecule has 0 bridgehead atoms. The summed E-state index contributed by atoms with van der Waals surface area (Å²) in [5, 5.41) is 2.27. The van der Waals surface area contributed by atoms with Crippen molar-refractivity contribution in [2.75, 3.05) is 13.1 Å². The number of Topliss-reactive ketones (excluding diaryl/α,β-unsaturated/α-hetero) is 1. The van der Waals surface area contributed by atoms with Gasteiger partial charge >= 0.3 is 0 Å². The summed E-state index contributed by atoms with van der Waals surface area (Å²) in [6.07, 6.45) is 1.27. The fourth-order valence-electron chi connectivity index (χ4n) is 1.66. The Morgan fingerprint density at radius 3 is 2.62 bits per heavy atom. The maximum absolute atomic E-state index is 11.6. The fraction of sp³-hybridized carbons (Fsp3) is 0.727. The SMILES string of the molecule is CCCC(=O)CN1CC(=O)NC(=O)C1(C)C. The number of carbonyl (C=O) groups excluding carboxylic acids is 3. The molecule has 2 amide bonds. The lowest BCUT2D eigenvalue weighted by Crippen LogP contribution is -2.64. The van der Waals surface area contributed by atoms with Crippen molar-refractivity contribution in [1.29, 1.82) is 0 Å². The van der Waals surface area contributed by atoms with Crippen molar-refractivity contribution in [2.45, 2.75) is 39.2 Å². The molecule has 0 aliphatic carbocycles. The molecule has 0 radical (unpaired) electrons. The van der Waals surface area contributed by atoms with E-state index in [2.05, 4.69) is 5.32 Å². The molecule has 0 aromatic heterocycles. The van der Waals surface area contributed by atoms with Gasteiger partial charge < -0.3 is 0 Å². The molecule has 0 spiro atoms. The van der Waals surface area contributed by atoms with Crippen LogP contribution in [0.4, 0.5) is 0 Å². The number of carbonyl (C=O) groups is 3. The Balaban J connectivity index is 2.72. The van der Waals surface area contributed by atoms with Crippen LogP contribution in [0.25, 0.3) is 0 Å². The number of hydrogen-bond donors (Lipinski definition) is 1. The number of piperazine rings is 1. The zero-order chi connectivity index (χ0) is 12.3. The van der Waals surface area contributed by atoms with Crippen LogP contribution in [0, 0.1) is 0 Å². The fourth-order valence-corrected chi connectivity index (χ4v) is 1.66. The summed E-state index contributed by atoms with van der Waals surface area (Å²) in [6, 6.07) is 0. The van der Waals surface area contributed by atoms with Crippen LogP contribution in [0.2, 0.25) is 0 Å². The quantitative estimate of drug-likeness (QED) is 0.690. The molecule has 5 nitrogen and oxygen atoms in total. The van der Waals surface area contributed by atoms with Crippen molar-refractivity contribution < 1.29 is 14.4 Å². The van der Waals surface area contributed by atoms with Gasteiger partial charge in [-0.3, -0.25) is 24.6 Å². The van der Waals surface area contributed by atoms with Crippen molar-refractivity contribution in [1.82, 2.24) is 10.2 Å². The largest absolute Gasteiger partial charge is 0.298 e. The van der Waals surface area contributed by atoms with E-state index in [0.717, 1.165) is 6.42 Å². The first-order valence-electron chi connectivity index (χ1n) is 5.49. The van der Waals surface area contributed by atoms with E-state index in [9.17, 15) is 14.4 Å². The highest BCUT2D eigenvalue weighted by Crippen LogP contribution is 2.17. The smallest absolute Gasteiger partial charge is 0.246 e. The van der Waals surface area contributed by atoms with Gasteiger partial charge in [-0.05, 0) is 20.3 Å². The highest BCUT2D eigenvalue weighted by Gasteiger charge is 2.41. The van der Waals surface area contributed by atoms with Gasteiger partial charge in [0.2, 0.25) is 11.8 Å². The molecule has 0 aromatic carbocycles. The van der Waals surface area contributed by atoms with Crippen LogP contribution >= 0.6 is 0 Å². The number of nitrogens with one attached hydrogen (secondary N) is 1. The van der Waals surface area contributed by atoms with E-state index in [1.807, 2.05) is 6.92 Å². The van der Waals surface area contributed by atoms with Gasteiger partial charge in [0.15, 0.2) is 0 Å². The van der Waals surface area contributed by atoms with Gasteiger partial charge in [0, 0.05) is 6.42 Å². The minimum Gasteiger partial charge on any atom is -0.298 e. The highest BCUT2D eigenvalue weighted by atomic mass is 16.2. The van der Waals surface area contributed by atoms with Crippen molar-refractivity contribution in [3.8, 4) is 0 Å². The van der Waals surface area contributed by atoms with Gasteiger partial charge in [0.05, 0.1) is 18.6 Å². The molecule has 1 rings (SSSR count). The van der Waals surface area contributed by atoms with Crippen molar-refractivity contribution in [3.05, 3.63) is 0 Å². The molecule has 90 valence electrons. The summed E-state index contributed by atoms with van der Waals surface area (Å²) in [5.41, 5.74) is -0.794. The van der Waals surface area contributed by atoms with Gasteiger partial charge in [-0.1, -0.05) is 6.92 Å². The lowest BCUT2D eigenvalue weighted by molar-refractivity contribution is -0.146. The lowest BCUT2D eigenvalue weighted by atomic mass is 9.98. The second-order valence-electron chi connectivity index (χ2n) is 4.58. The lowest BCUT2D eigenvalue weighted by Gasteiger charge is -2.39. The van der Waals surface area contributed by atoms with Crippen LogP contribution in [-0.2, 0) is 14.4 Å². The second kappa shape index (κ2) is 4.74. The Bertz CT molecular complexity index is 323. The van der Waals surface area contributed by atoms with Crippen molar-refractivity contribution in [3.63, 3.8) is 0 Å². The normalized spacial score (nSPS) is 20.7. The first-order valence-corrected chi connectivity index (χ1v) is 5.49. The van der Waals surface area contributed by atoms with E-state index >= 15 is 0 Å². The molecule has 5 heteroatoms. The predicted octanol–water partition coefficient (Wildman–Crippen LogP) is 0.0926. The molecule has 1 aliphatic rings. The maximum atomic E-state index is 11.6. The van der Waals surface area contributed by atoms with Gasteiger partial charge in [0.1, 0.15) is 5.78 Å². The van der Waals surface area contributed by atoms with Gasteiger partial charge in [-0.15, -0.1) is 0 Å². The van der Waals surface area contributed by atoms with Crippen LogP contribution in [0.1, 0.15) is 33.6 Å². The molecule has 0 saturated carbocycles. The Morgan fingerprint density at radius 2 is 2.06 bits per heavy atom. The summed E-state index contributed by atoms with van der Waals surface area (Å²) in [4.78, 5) is 36.0. The molecule has 1 N–H and O–H groups in total. The summed E-state index contributed by atoms with van der Waals surface area (Å²) in [6.45, 7) is 5.63. The molecule has 0 atom stereocenters. The molecule has 1 aliphatic heterocycles. The van der Waals surface area contributed by atoms with E-state index in [-0.39, 0.29) is 30.7 Å². The van der Waals surface area contributed by atoms with E-state index in [1.165, 1.54) is 0 Å². The molecule has 0 unspecified atom stereocenters.